The van der Waals surface area contributed by atoms with Crippen LogP contribution in [0.1, 0.15) is 32.6 Å². The molecule has 0 aromatic heterocycles. The molecule has 0 aliphatic rings. The topological polar surface area (TPSA) is 109 Å². The number of unbranched alkanes of at least 4 members (excludes halogenated alkanes) is 2. The Morgan fingerprint density at radius 1 is 1.13 bits per heavy atom. The SMILES string of the molecule is CCOc1ccc(NC(=O)NOCCCCCC(=O)NO)cc1. The molecule has 1 rings (SSSR count). The number of rotatable bonds is 10. The van der Waals surface area contributed by atoms with Gasteiger partial charge in [0, 0.05) is 12.1 Å². The Morgan fingerprint density at radius 3 is 2.52 bits per heavy atom. The van der Waals surface area contributed by atoms with E-state index in [4.69, 9.17) is 14.8 Å². The predicted molar refractivity (Wildman–Crippen MR) is 84.1 cm³/mol. The molecule has 0 spiro atoms. The molecule has 0 fully saturated rings. The van der Waals surface area contributed by atoms with Crippen LogP contribution in [0.4, 0.5) is 10.5 Å². The van der Waals surface area contributed by atoms with Gasteiger partial charge < -0.3 is 10.1 Å². The lowest BCUT2D eigenvalue weighted by Crippen LogP contribution is -2.29. The zero-order valence-corrected chi connectivity index (χ0v) is 13.1. The largest absolute Gasteiger partial charge is 0.494 e. The van der Waals surface area contributed by atoms with Crippen molar-refractivity contribution in [2.45, 2.75) is 32.6 Å². The highest BCUT2D eigenvalue weighted by Crippen LogP contribution is 2.15. The molecule has 1 aromatic carbocycles. The van der Waals surface area contributed by atoms with Crippen LogP contribution in [0.15, 0.2) is 24.3 Å². The quantitative estimate of drug-likeness (QED) is 0.299. The summed E-state index contributed by atoms with van der Waals surface area (Å²) in [5.41, 5.74) is 4.48. The monoisotopic (exact) mass is 325 g/mol. The van der Waals surface area contributed by atoms with Crippen molar-refractivity contribution in [3.8, 4) is 5.75 Å². The van der Waals surface area contributed by atoms with Gasteiger partial charge in [-0.15, -0.1) is 0 Å². The molecular weight excluding hydrogens is 302 g/mol. The van der Waals surface area contributed by atoms with E-state index >= 15 is 0 Å². The molecule has 23 heavy (non-hydrogen) atoms. The number of anilines is 1. The van der Waals surface area contributed by atoms with Crippen LogP contribution in [0.5, 0.6) is 5.75 Å². The second kappa shape index (κ2) is 11.3. The van der Waals surface area contributed by atoms with Crippen molar-refractivity contribution in [2.24, 2.45) is 0 Å². The fraction of sp³-hybridized carbons (Fsp3) is 0.467. The number of carbonyl (C=O) groups is 2. The molecule has 0 saturated carbocycles. The van der Waals surface area contributed by atoms with Gasteiger partial charge in [-0.2, -0.15) is 0 Å². The number of urea groups is 1. The predicted octanol–water partition coefficient (Wildman–Crippen LogP) is 2.20. The van der Waals surface area contributed by atoms with Crippen LogP contribution in [0.2, 0.25) is 0 Å². The molecule has 4 N–H and O–H groups in total. The van der Waals surface area contributed by atoms with Crippen molar-refractivity contribution in [3.63, 3.8) is 0 Å². The summed E-state index contributed by atoms with van der Waals surface area (Å²) in [6, 6.07) is 6.53. The van der Waals surface area contributed by atoms with Crippen LogP contribution in [0, 0.1) is 0 Å². The Labute approximate surface area is 135 Å². The molecule has 0 unspecified atom stereocenters. The Morgan fingerprint density at radius 2 is 1.87 bits per heavy atom. The Bertz CT molecular complexity index is 479. The van der Waals surface area contributed by atoms with Gasteiger partial charge in [0.15, 0.2) is 0 Å². The lowest BCUT2D eigenvalue weighted by molar-refractivity contribution is -0.129. The Balaban J connectivity index is 2.09. The van der Waals surface area contributed by atoms with E-state index in [9.17, 15) is 9.59 Å². The highest BCUT2D eigenvalue weighted by atomic mass is 16.7. The smallest absolute Gasteiger partial charge is 0.343 e. The number of hydroxylamine groups is 2. The molecule has 0 saturated heterocycles. The van der Waals surface area contributed by atoms with Gasteiger partial charge in [0.2, 0.25) is 5.91 Å². The average Bonchev–Trinajstić information content (AvgIpc) is 2.55. The Hall–Kier alpha value is -2.32. The third-order valence-electron chi connectivity index (χ3n) is 2.86. The van der Waals surface area contributed by atoms with E-state index in [2.05, 4.69) is 10.8 Å². The molecule has 8 nitrogen and oxygen atoms in total. The van der Waals surface area contributed by atoms with Crippen LogP contribution in [0.25, 0.3) is 0 Å². The van der Waals surface area contributed by atoms with E-state index in [-0.39, 0.29) is 6.42 Å². The van der Waals surface area contributed by atoms with E-state index in [0.29, 0.717) is 31.7 Å². The number of benzene rings is 1. The van der Waals surface area contributed by atoms with Crippen LogP contribution in [-0.2, 0) is 9.63 Å². The van der Waals surface area contributed by atoms with E-state index in [1.54, 1.807) is 29.7 Å². The minimum atomic E-state index is -0.464. The first-order valence-corrected chi connectivity index (χ1v) is 7.50. The van der Waals surface area contributed by atoms with Crippen LogP contribution in [-0.4, -0.2) is 30.4 Å². The first-order valence-electron chi connectivity index (χ1n) is 7.50. The van der Waals surface area contributed by atoms with E-state index in [1.807, 2.05) is 6.92 Å². The highest BCUT2D eigenvalue weighted by molar-refractivity contribution is 5.88. The zero-order valence-electron chi connectivity index (χ0n) is 13.1. The van der Waals surface area contributed by atoms with Gasteiger partial charge in [-0.1, -0.05) is 6.42 Å². The van der Waals surface area contributed by atoms with Crippen LogP contribution in [0.3, 0.4) is 0 Å². The van der Waals surface area contributed by atoms with Crippen molar-refractivity contribution in [3.05, 3.63) is 24.3 Å². The van der Waals surface area contributed by atoms with Crippen molar-refractivity contribution in [1.29, 1.82) is 0 Å². The minimum Gasteiger partial charge on any atom is -0.494 e. The lowest BCUT2D eigenvalue weighted by Gasteiger charge is -2.08. The van der Waals surface area contributed by atoms with Crippen molar-refractivity contribution in [1.82, 2.24) is 11.0 Å². The van der Waals surface area contributed by atoms with Gasteiger partial charge >= 0.3 is 6.03 Å². The molecule has 0 atom stereocenters. The third-order valence-corrected chi connectivity index (χ3v) is 2.86. The van der Waals surface area contributed by atoms with Gasteiger partial charge in [-0.05, 0) is 44.0 Å². The van der Waals surface area contributed by atoms with Crippen molar-refractivity contribution in [2.75, 3.05) is 18.5 Å². The molecule has 1 aromatic rings. The normalized spacial score (nSPS) is 10.0. The first-order chi connectivity index (χ1) is 11.2. The number of hydrogen-bond donors (Lipinski definition) is 4. The maximum atomic E-state index is 11.6. The maximum absolute atomic E-state index is 11.6. The lowest BCUT2D eigenvalue weighted by atomic mass is 10.2. The van der Waals surface area contributed by atoms with E-state index < -0.39 is 11.9 Å². The summed E-state index contributed by atoms with van der Waals surface area (Å²) in [6.07, 6.45) is 2.37. The second-order valence-electron chi connectivity index (χ2n) is 4.71. The summed E-state index contributed by atoms with van der Waals surface area (Å²) >= 11 is 0. The van der Waals surface area contributed by atoms with E-state index in [0.717, 1.165) is 12.2 Å². The van der Waals surface area contributed by atoms with Crippen molar-refractivity contribution < 1.29 is 24.4 Å². The molecule has 128 valence electrons. The number of carbonyl (C=O) groups excluding carboxylic acids is 2. The fourth-order valence-electron chi connectivity index (χ4n) is 1.77. The minimum absolute atomic E-state index is 0.266. The van der Waals surface area contributed by atoms with Gasteiger partial charge in [0.25, 0.3) is 0 Å². The highest BCUT2D eigenvalue weighted by Gasteiger charge is 2.02. The standard InChI is InChI=1S/C15H23N3O5/c1-2-22-13-9-7-12(8-10-13)16-15(20)18-23-11-5-3-4-6-14(19)17-21/h7-10,21H,2-6,11H2,1H3,(H,17,19)(H2,16,18,20). The first kappa shape index (κ1) is 18.7. The fourth-order valence-corrected chi connectivity index (χ4v) is 1.77. The summed E-state index contributed by atoms with van der Waals surface area (Å²) in [7, 11) is 0. The van der Waals surface area contributed by atoms with Gasteiger partial charge in [-0.3, -0.25) is 14.8 Å². The molecular formula is C15H23N3O5. The van der Waals surface area contributed by atoms with Gasteiger partial charge in [0.05, 0.1) is 13.2 Å². The van der Waals surface area contributed by atoms with Crippen molar-refractivity contribution >= 4 is 17.6 Å². The number of hydrogen-bond acceptors (Lipinski definition) is 5. The summed E-state index contributed by atoms with van der Waals surface area (Å²) in [4.78, 5) is 27.4. The molecule has 0 aliphatic carbocycles. The molecule has 0 bridgehead atoms. The summed E-state index contributed by atoms with van der Waals surface area (Å²) in [6.45, 7) is 2.83. The number of ether oxygens (including phenoxy) is 1. The molecule has 0 radical (unpaired) electrons. The molecule has 3 amide bonds. The third kappa shape index (κ3) is 8.64. The Kier molecular flexibility index (Phi) is 9.18. The number of nitrogens with one attached hydrogen (secondary N) is 3. The van der Waals surface area contributed by atoms with E-state index in [1.165, 1.54) is 0 Å². The number of amides is 3. The van der Waals surface area contributed by atoms with Gasteiger partial charge in [-0.25, -0.2) is 15.8 Å². The summed E-state index contributed by atoms with van der Waals surface area (Å²) < 4.78 is 5.31. The molecule has 0 aliphatic heterocycles. The van der Waals surface area contributed by atoms with Crippen LogP contribution >= 0.6 is 0 Å². The molecule has 0 heterocycles. The zero-order chi connectivity index (χ0) is 16.9. The summed E-state index contributed by atoms with van der Waals surface area (Å²) in [5, 5.41) is 10.9. The maximum Gasteiger partial charge on any atom is 0.343 e. The summed E-state index contributed by atoms with van der Waals surface area (Å²) in [5.74, 6) is 0.336. The van der Waals surface area contributed by atoms with Crippen LogP contribution < -0.4 is 21.0 Å². The molecule has 8 heteroatoms. The average molecular weight is 325 g/mol. The van der Waals surface area contributed by atoms with Gasteiger partial charge in [0.1, 0.15) is 5.75 Å². The second-order valence-corrected chi connectivity index (χ2v) is 4.71.